The summed E-state index contributed by atoms with van der Waals surface area (Å²) >= 11 is 0. The van der Waals surface area contributed by atoms with Crippen molar-refractivity contribution in [2.45, 2.75) is 20.8 Å². The van der Waals surface area contributed by atoms with E-state index < -0.39 is 0 Å². The predicted molar refractivity (Wildman–Crippen MR) is 70.6 cm³/mol. The van der Waals surface area contributed by atoms with Gasteiger partial charge >= 0.3 is 5.97 Å². The van der Waals surface area contributed by atoms with E-state index in [1.807, 2.05) is 26.0 Å². The van der Waals surface area contributed by atoms with E-state index in [0.717, 1.165) is 16.7 Å². The van der Waals surface area contributed by atoms with E-state index in [2.05, 4.69) is 10.2 Å². The highest BCUT2D eigenvalue weighted by Gasteiger charge is 2.07. The maximum absolute atomic E-state index is 11.0. The van der Waals surface area contributed by atoms with Crippen molar-refractivity contribution in [1.82, 2.24) is 0 Å². The van der Waals surface area contributed by atoms with Crippen LogP contribution in [0.3, 0.4) is 0 Å². The summed E-state index contributed by atoms with van der Waals surface area (Å²) < 4.78 is 5.12. The van der Waals surface area contributed by atoms with Gasteiger partial charge in [0.2, 0.25) is 5.96 Å². The quantitative estimate of drug-likeness (QED) is 0.272. The number of rotatable bonds is 3. The Morgan fingerprint density at radius 2 is 1.83 bits per heavy atom. The van der Waals surface area contributed by atoms with E-state index in [0.29, 0.717) is 5.75 Å². The highest BCUT2D eigenvalue weighted by molar-refractivity contribution is 5.83. The molecular formula is C12H16N4O2. The summed E-state index contributed by atoms with van der Waals surface area (Å²) in [6.07, 6.45) is 1.53. The molecule has 0 aliphatic rings. The van der Waals surface area contributed by atoms with Crippen molar-refractivity contribution in [2.75, 3.05) is 0 Å². The number of nitrogens with zero attached hydrogens (tertiary/aromatic N) is 2. The first kappa shape index (κ1) is 13.7. The third-order valence-electron chi connectivity index (χ3n) is 2.11. The second-order valence-electron chi connectivity index (χ2n) is 3.85. The van der Waals surface area contributed by atoms with Gasteiger partial charge in [-0.3, -0.25) is 4.79 Å². The molecule has 0 atom stereocenters. The minimum absolute atomic E-state index is 0.101. The highest BCUT2D eigenvalue weighted by Crippen LogP contribution is 2.24. The average Bonchev–Trinajstić information content (AvgIpc) is 2.22. The fourth-order valence-electron chi connectivity index (χ4n) is 1.53. The van der Waals surface area contributed by atoms with Crippen LogP contribution in [-0.4, -0.2) is 18.1 Å². The molecule has 0 saturated carbocycles. The summed E-state index contributed by atoms with van der Waals surface area (Å²) in [7, 11) is 0. The van der Waals surface area contributed by atoms with Crippen molar-refractivity contribution >= 4 is 18.1 Å². The third kappa shape index (κ3) is 3.89. The molecule has 0 aliphatic heterocycles. The molecule has 6 heteroatoms. The molecule has 0 amide bonds. The molecule has 96 valence electrons. The molecule has 1 rings (SSSR count). The lowest BCUT2D eigenvalue weighted by molar-refractivity contribution is -0.131. The van der Waals surface area contributed by atoms with Crippen molar-refractivity contribution in [2.24, 2.45) is 21.7 Å². The van der Waals surface area contributed by atoms with Crippen LogP contribution < -0.4 is 16.2 Å². The largest absolute Gasteiger partial charge is 0.426 e. The SMILES string of the molecule is CC(=O)Oc1c(C)cc(C=NN=C(N)N)cc1C. The van der Waals surface area contributed by atoms with Gasteiger partial charge in [0.1, 0.15) is 5.75 Å². The maximum atomic E-state index is 11.0. The van der Waals surface area contributed by atoms with Crippen LogP contribution in [0.5, 0.6) is 5.75 Å². The molecule has 4 N–H and O–H groups in total. The van der Waals surface area contributed by atoms with Crippen LogP contribution in [0.2, 0.25) is 0 Å². The van der Waals surface area contributed by atoms with Gasteiger partial charge in [0.05, 0.1) is 6.21 Å². The van der Waals surface area contributed by atoms with Crippen LogP contribution in [0.15, 0.2) is 22.3 Å². The first-order valence-corrected chi connectivity index (χ1v) is 5.31. The zero-order chi connectivity index (χ0) is 13.7. The van der Waals surface area contributed by atoms with Gasteiger partial charge in [0.25, 0.3) is 0 Å². The highest BCUT2D eigenvalue weighted by atomic mass is 16.5. The minimum atomic E-state index is -0.344. The molecule has 0 aliphatic carbocycles. The Hall–Kier alpha value is -2.37. The number of hydrogen-bond acceptors (Lipinski definition) is 4. The molecule has 0 heterocycles. The second-order valence-corrected chi connectivity index (χ2v) is 3.85. The van der Waals surface area contributed by atoms with E-state index in [4.69, 9.17) is 16.2 Å². The lowest BCUT2D eigenvalue weighted by atomic mass is 10.1. The molecule has 0 aromatic heterocycles. The number of aryl methyl sites for hydroxylation is 2. The lowest BCUT2D eigenvalue weighted by Gasteiger charge is -2.09. The number of benzene rings is 1. The van der Waals surface area contributed by atoms with Crippen molar-refractivity contribution in [3.8, 4) is 5.75 Å². The Balaban J connectivity index is 3.03. The standard InChI is InChI=1S/C12H16N4O2/c1-7-4-10(6-15-16-12(13)14)5-8(2)11(7)18-9(3)17/h4-6H,1-3H3,(H4,13,14,16). The van der Waals surface area contributed by atoms with Crippen LogP contribution in [0.4, 0.5) is 0 Å². The Kier molecular flexibility index (Phi) is 4.42. The Morgan fingerprint density at radius 3 is 2.28 bits per heavy atom. The Morgan fingerprint density at radius 1 is 1.28 bits per heavy atom. The van der Waals surface area contributed by atoms with Gasteiger partial charge in [-0.25, -0.2) is 0 Å². The molecular weight excluding hydrogens is 232 g/mol. The number of hydrogen-bond donors (Lipinski definition) is 2. The zero-order valence-electron chi connectivity index (χ0n) is 10.6. The lowest BCUT2D eigenvalue weighted by Crippen LogP contribution is -2.21. The number of ether oxygens (including phenoxy) is 1. The van der Waals surface area contributed by atoms with Crippen molar-refractivity contribution in [1.29, 1.82) is 0 Å². The van der Waals surface area contributed by atoms with Crippen molar-refractivity contribution in [3.63, 3.8) is 0 Å². The minimum Gasteiger partial charge on any atom is -0.426 e. The summed E-state index contributed by atoms with van der Waals surface area (Å²) in [6.45, 7) is 5.07. The molecule has 0 spiro atoms. The molecule has 18 heavy (non-hydrogen) atoms. The Labute approximate surface area is 105 Å². The van der Waals surface area contributed by atoms with E-state index >= 15 is 0 Å². The van der Waals surface area contributed by atoms with Crippen molar-refractivity contribution in [3.05, 3.63) is 28.8 Å². The number of nitrogens with two attached hydrogens (primary N) is 2. The van der Waals surface area contributed by atoms with Gasteiger partial charge in [-0.1, -0.05) is 0 Å². The fraction of sp³-hybridized carbons (Fsp3) is 0.250. The zero-order valence-corrected chi connectivity index (χ0v) is 10.6. The van der Waals surface area contributed by atoms with Gasteiger partial charge in [-0.05, 0) is 42.7 Å². The van der Waals surface area contributed by atoms with Gasteiger partial charge < -0.3 is 16.2 Å². The van der Waals surface area contributed by atoms with E-state index in [9.17, 15) is 4.79 Å². The van der Waals surface area contributed by atoms with Gasteiger partial charge in [-0.2, -0.15) is 5.10 Å². The van der Waals surface area contributed by atoms with Crippen LogP contribution >= 0.6 is 0 Å². The van der Waals surface area contributed by atoms with Crippen molar-refractivity contribution < 1.29 is 9.53 Å². The monoisotopic (exact) mass is 248 g/mol. The van der Waals surface area contributed by atoms with Crippen LogP contribution in [-0.2, 0) is 4.79 Å². The van der Waals surface area contributed by atoms with Gasteiger partial charge in [0, 0.05) is 6.92 Å². The van der Waals surface area contributed by atoms with E-state index in [1.165, 1.54) is 13.1 Å². The molecule has 0 radical (unpaired) electrons. The number of carbonyl (C=O) groups is 1. The molecule has 0 bridgehead atoms. The molecule has 1 aromatic rings. The Bertz CT molecular complexity index is 494. The first-order valence-electron chi connectivity index (χ1n) is 5.31. The smallest absolute Gasteiger partial charge is 0.308 e. The molecule has 0 unspecified atom stereocenters. The molecule has 0 fully saturated rings. The van der Waals surface area contributed by atoms with Gasteiger partial charge in [-0.15, -0.1) is 5.10 Å². The molecule has 0 saturated heterocycles. The second kappa shape index (κ2) is 5.81. The molecule has 6 nitrogen and oxygen atoms in total. The summed E-state index contributed by atoms with van der Waals surface area (Å²) in [6, 6.07) is 3.66. The number of guanidine groups is 1. The summed E-state index contributed by atoms with van der Waals surface area (Å²) in [5.41, 5.74) is 12.8. The number of carbonyl (C=O) groups excluding carboxylic acids is 1. The normalized spacial score (nSPS) is 10.4. The van der Waals surface area contributed by atoms with Crippen LogP contribution in [0.1, 0.15) is 23.6 Å². The predicted octanol–water partition coefficient (Wildman–Crippen LogP) is 0.836. The first-order chi connectivity index (χ1) is 8.40. The fourth-order valence-corrected chi connectivity index (χ4v) is 1.53. The summed E-state index contributed by atoms with van der Waals surface area (Å²) in [4.78, 5) is 11.0. The third-order valence-corrected chi connectivity index (χ3v) is 2.11. The van der Waals surface area contributed by atoms with E-state index in [-0.39, 0.29) is 11.9 Å². The molecule has 1 aromatic carbocycles. The van der Waals surface area contributed by atoms with Gasteiger partial charge in [0.15, 0.2) is 0 Å². The summed E-state index contributed by atoms with van der Waals surface area (Å²) in [5, 5.41) is 7.23. The maximum Gasteiger partial charge on any atom is 0.308 e. The topological polar surface area (TPSA) is 103 Å². The number of esters is 1. The van der Waals surface area contributed by atoms with Crippen LogP contribution in [0.25, 0.3) is 0 Å². The van der Waals surface area contributed by atoms with E-state index in [1.54, 1.807) is 0 Å². The van der Waals surface area contributed by atoms with Crippen LogP contribution in [0, 0.1) is 13.8 Å². The average molecular weight is 248 g/mol. The summed E-state index contributed by atoms with van der Waals surface area (Å²) in [5.74, 6) is 0.126.